The average molecular weight is 503 g/mol. The van der Waals surface area contributed by atoms with E-state index in [9.17, 15) is 13.0 Å². The number of thiazole rings is 1. The van der Waals surface area contributed by atoms with Gasteiger partial charge in [0.25, 0.3) is 5.01 Å². The highest BCUT2D eigenvalue weighted by Gasteiger charge is 2.27. The van der Waals surface area contributed by atoms with E-state index < -0.39 is 10.1 Å². The molecule has 5 rings (SSSR count). The van der Waals surface area contributed by atoms with Crippen LogP contribution in [0.25, 0.3) is 27.1 Å². The van der Waals surface area contributed by atoms with Crippen molar-refractivity contribution in [3.05, 3.63) is 69.7 Å². The molecule has 5 nitrogen and oxygen atoms in total. The number of rotatable bonds is 5. The third-order valence-corrected chi connectivity index (χ3v) is 8.75. The molecule has 0 aliphatic carbocycles. The van der Waals surface area contributed by atoms with E-state index in [1.54, 1.807) is 23.1 Å². The Morgan fingerprint density at radius 3 is 2.78 bits per heavy atom. The summed E-state index contributed by atoms with van der Waals surface area (Å²) in [6.07, 6.45) is 2.39. The molecule has 0 amide bonds. The van der Waals surface area contributed by atoms with Crippen LogP contribution in [0.2, 0.25) is 5.02 Å². The molecule has 0 N–H and O–H groups in total. The van der Waals surface area contributed by atoms with Gasteiger partial charge in [-0.1, -0.05) is 59.0 Å². The molecule has 0 bridgehead atoms. The van der Waals surface area contributed by atoms with Crippen molar-refractivity contribution >= 4 is 77.6 Å². The van der Waals surface area contributed by atoms with Gasteiger partial charge in [-0.25, -0.2) is 8.42 Å². The Morgan fingerprint density at radius 2 is 1.97 bits per heavy atom. The van der Waals surface area contributed by atoms with E-state index in [-0.39, 0.29) is 12.2 Å². The second kappa shape index (κ2) is 8.35. The first-order valence-corrected chi connectivity index (χ1v) is 13.6. The van der Waals surface area contributed by atoms with Gasteiger partial charge in [-0.15, -0.1) is 0 Å². The molecule has 0 fully saturated rings. The molecule has 2 heterocycles. The minimum absolute atomic E-state index is 0.264. The van der Waals surface area contributed by atoms with Crippen LogP contribution < -0.4 is 9.47 Å². The fraction of sp³-hybridized carbons (Fsp3) is 0.174. The van der Waals surface area contributed by atoms with Gasteiger partial charge in [0.2, 0.25) is 5.52 Å². The van der Waals surface area contributed by atoms with Crippen LogP contribution in [-0.2, 0) is 16.7 Å². The van der Waals surface area contributed by atoms with E-state index in [4.69, 9.17) is 11.6 Å². The van der Waals surface area contributed by atoms with E-state index in [1.165, 1.54) is 0 Å². The van der Waals surface area contributed by atoms with Crippen molar-refractivity contribution in [3.8, 4) is 0 Å². The predicted octanol–water partition coefficient (Wildman–Crippen LogP) is 5.47. The number of hydrogen-bond donors (Lipinski definition) is 0. The third-order valence-electron chi connectivity index (χ3n) is 5.46. The van der Waals surface area contributed by atoms with Crippen molar-refractivity contribution in [1.82, 2.24) is 0 Å². The summed E-state index contributed by atoms with van der Waals surface area (Å²) in [6.45, 7) is 0.446. The minimum atomic E-state index is -4.26. The number of thioether (sulfide) groups is 1. The highest BCUT2D eigenvalue weighted by Crippen LogP contribution is 2.47. The second-order valence-electron chi connectivity index (χ2n) is 7.60. The lowest BCUT2D eigenvalue weighted by molar-refractivity contribution is -0.667. The fourth-order valence-corrected chi connectivity index (χ4v) is 6.91. The van der Waals surface area contributed by atoms with Gasteiger partial charge in [-0.2, -0.15) is 4.57 Å². The van der Waals surface area contributed by atoms with Crippen LogP contribution in [0.4, 0.5) is 5.69 Å². The summed E-state index contributed by atoms with van der Waals surface area (Å²) in [5.74, 6) is -0.378. The molecule has 4 aromatic rings. The summed E-state index contributed by atoms with van der Waals surface area (Å²) in [6, 6.07) is 18.2. The zero-order valence-electron chi connectivity index (χ0n) is 17.1. The number of aryl methyl sites for hydroxylation is 1. The van der Waals surface area contributed by atoms with Crippen molar-refractivity contribution in [2.24, 2.45) is 0 Å². The molecule has 1 aliphatic rings. The van der Waals surface area contributed by atoms with Gasteiger partial charge in [0, 0.05) is 29.1 Å². The zero-order valence-corrected chi connectivity index (χ0v) is 20.3. The van der Waals surface area contributed by atoms with Crippen molar-refractivity contribution in [2.45, 2.75) is 17.9 Å². The highest BCUT2D eigenvalue weighted by molar-refractivity contribution is 8.03. The number of halogens is 1. The molecule has 164 valence electrons. The zero-order chi connectivity index (χ0) is 22.5. The maximum atomic E-state index is 11.2. The number of hydrogen-bond acceptors (Lipinski definition) is 6. The summed E-state index contributed by atoms with van der Waals surface area (Å²) < 4.78 is 36.9. The topological polar surface area (TPSA) is 64.3 Å². The number of benzene rings is 3. The Labute approximate surface area is 199 Å². The van der Waals surface area contributed by atoms with Gasteiger partial charge in [-0.3, -0.25) is 0 Å². The summed E-state index contributed by atoms with van der Waals surface area (Å²) in [5, 5.41) is 4.99. The summed E-state index contributed by atoms with van der Waals surface area (Å²) in [7, 11) is -2.25. The molecule has 0 unspecified atom stereocenters. The van der Waals surface area contributed by atoms with Crippen LogP contribution in [-0.4, -0.2) is 25.8 Å². The van der Waals surface area contributed by atoms with Crippen molar-refractivity contribution < 1.29 is 17.5 Å². The Hall–Kier alpha value is -2.10. The van der Waals surface area contributed by atoms with Crippen molar-refractivity contribution in [2.75, 3.05) is 17.7 Å². The van der Waals surface area contributed by atoms with Gasteiger partial charge in [0.15, 0.2) is 6.54 Å². The van der Waals surface area contributed by atoms with E-state index in [1.807, 2.05) is 37.4 Å². The van der Waals surface area contributed by atoms with Gasteiger partial charge in [-0.05, 0) is 35.7 Å². The first kappa shape index (κ1) is 21.7. The summed E-state index contributed by atoms with van der Waals surface area (Å²) in [5.41, 5.74) is 2.12. The summed E-state index contributed by atoms with van der Waals surface area (Å²) >= 11 is 9.53. The molecule has 0 saturated heterocycles. The Bertz CT molecular complexity index is 1500. The molecule has 1 aliphatic heterocycles. The van der Waals surface area contributed by atoms with Crippen LogP contribution in [0, 0.1) is 0 Å². The quantitative estimate of drug-likeness (QED) is 0.267. The molecular weight excluding hydrogens is 484 g/mol. The second-order valence-corrected chi connectivity index (χ2v) is 11.7. The number of fused-ring (bicyclic) bond motifs is 4. The van der Waals surface area contributed by atoms with Gasteiger partial charge in [0.05, 0.1) is 32.3 Å². The lowest BCUT2D eigenvalue weighted by atomic mass is 10.1. The predicted molar refractivity (Wildman–Crippen MR) is 132 cm³/mol. The van der Waals surface area contributed by atoms with Crippen LogP contribution in [0.1, 0.15) is 11.4 Å². The number of anilines is 1. The first-order chi connectivity index (χ1) is 15.3. The monoisotopic (exact) mass is 502 g/mol. The SMILES string of the molecule is CN1/C(=C/c2sc3ccc4ccccc4c3[n+]2CCCS(=O)(=O)[O-])Sc2ccc(Cl)cc21. The highest BCUT2D eigenvalue weighted by atomic mass is 35.5. The Morgan fingerprint density at radius 1 is 1.16 bits per heavy atom. The largest absolute Gasteiger partial charge is 0.748 e. The van der Waals surface area contributed by atoms with Crippen LogP contribution in [0.15, 0.2) is 64.5 Å². The molecule has 32 heavy (non-hydrogen) atoms. The molecule has 0 radical (unpaired) electrons. The standard InChI is InChI=1S/C23H19ClN2O3S3/c1-25-18-13-16(24)8-10-19(18)30-21(25)14-22-26(11-4-12-32(27,28)29)23-17-6-3-2-5-15(17)7-9-20(23)31-22/h2-3,5-10,13-14H,4,11-12H2,1H3. The lowest BCUT2D eigenvalue weighted by Gasteiger charge is -2.12. The van der Waals surface area contributed by atoms with Gasteiger partial charge in [0.1, 0.15) is 4.70 Å². The van der Waals surface area contributed by atoms with Crippen molar-refractivity contribution in [3.63, 3.8) is 0 Å². The van der Waals surface area contributed by atoms with Gasteiger partial charge >= 0.3 is 0 Å². The summed E-state index contributed by atoms with van der Waals surface area (Å²) in [4.78, 5) is 3.25. The van der Waals surface area contributed by atoms with Crippen molar-refractivity contribution in [1.29, 1.82) is 0 Å². The van der Waals surface area contributed by atoms with E-state index in [0.717, 1.165) is 41.6 Å². The van der Waals surface area contributed by atoms with E-state index >= 15 is 0 Å². The van der Waals surface area contributed by atoms with Gasteiger partial charge < -0.3 is 9.45 Å². The molecule has 9 heteroatoms. The Balaban J connectivity index is 1.63. The first-order valence-electron chi connectivity index (χ1n) is 10.0. The van der Waals surface area contributed by atoms with Crippen LogP contribution in [0.3, 0.4) is 0 Å². The number of nitrogens with zero attached hydrogens (tertiary/aromatic N) is 2. The Kier molecular flexibility index (Phi) is 5.67. The van der Waals surface area contributed by atoms with Crippen LogP contribution in [0.5, 0.6) is 0 Å². The number of aromatic nitrogens is 1. The minimum Gasteiger partial charge on any atom is -0.748 e. The fourth-order valence-electron chi connectivity index (χ4n) is 3.97. The average Bonchev–Trinajstić information content (AvgIpc) is 3.25. The smallest absolute Gasteiger partial charge is 0.265 e. The lowest BCUT2D eigenvalue weighted by Crippen LogP contribution is -2.36. The molecule has 0 spiro atoms. The van der Waals surface area contributed by atoms with E-state index in [2.05, 4.69) is 39.8 Å². The third kappa shape index (κ3) is 4.13. The molecule has 3 aromatic carbocycles. The molecule has 0 atom stereocenters. The van der Waals surface area contributed by atoms with E-state index in [0.29, 0.717) is 11.6 Å². The maximum Gasteiger partial charge on any atom is 0.265 e. The molecule has 0 saturated carbocycles. The molecule has 1 aromatic heterocycles. The normalized spacial score (nSPS) is 15.2. The van der Waals surface area contributed by atoms with Crippen LogP contribution >= 0.6 is 34.7 Å². The maximum absolute atomic E-state index is 11.2. The molecular formula is C23H19ClN2O3S3.